The summed E-state index contributed by atoms with van der Waals surface area (Å²) in [6.07, 6.45) is -1.50. The average molecular weight is 740 g/mol. The molecule has 3 unspecified atom stereocenters. The molecule has 5 rings (SSSR count). The van der Waals surface area contributed by atoms with Gasteiger partial charge >= 0.3 is 18.1 Å². The molecule has 16 heteroatoms. The Morgan fingerprint density at radius 3 is 2.36 bits per heavy atom. The van der Waals surface area contributed by atoms with Crippen LogP contribution in [0, 0.1) is 5.92 Å². The molecule has 1 aliphatic heterocycles. The number of nitrogens with one attached hydrogen (secondary N) is 1. The van der Waals surface area contributed by atoms with E-state index < -0.39 is 36.1 Å². The third kappa shape index (κ3) is 9.91. The standard InChI is InChI=1S/C35H39N5O6.C2HF3O2/c1-5-45-31-19-25(10-12-30(31)46-21(2)3)33(40(36)28-11-9-26-20-37-15-13-23(26)18-28)34(42)39-16-14-29(35(43)44)32(39)24-7-6-8-27(17-24)38-22(4)41;3-2(4,5)1(6)7/h6-13,15,17-21,29,32-33H,5,14,16,36H2,1-4H3,(H,38,41)(H,43,44);(H,6,7). The Morgan fingerprint density at radius 2 is 1.74 bits per heavy atom. The summed E-state index contributed by atoms with van der Waals surface area (Å²) in [5.41, 5.74) is 2.24. The Morgan fingerprint density at radius 1 is 1.02 bits per heavy atom. The molecule has 3 aromatic carbocycles. The number of aliphatic carboxylic acids is 2. The SMILES string of the molecule is CCOc1cc(C(C(=O)N2CCC(C(=O)O)C2c2cccc(NC(C)=O)c2)N(N)c2ccc3cnccc3c2)ccc1OC(C)C.O=C(O)C(F)(F)F. The number of alkyl halides is 3. The predicted molar refractivity (Wildman–Crippen MR) is 189 cm³/mol. The first-order valence-corrected chi connectivity index (χ1v) is 16.5. The van der Waals surface area contributed by atoms with E-state index in [0.717, 1.165) is 10.8 Å². The number of nitrogens with two attached hydrogens (primary N) is 1. The summed E-state index contributed by atoms with van der Waals surface area (Å²) in [5.74, 6) is 2.60. The summed E-state index contributed by atoms with van der Waals surface area (Å²) >= 11 is 0. The number of carbonyl (C=O) groups excluding carboxylic acids is 2. The van der Waals surface area contributed by atoms with E-state index in [4.69, 9.17) is 25.2 Å². The van der Waals surface area contributed by atoms with Crippen molar-refractivity contribution < 1.29 is 52.0 Å². The van der Waals surface area contributed by atoms with Crippen molar-refractivity contribution in [2.24, 2.45) is 11.8 Å². The van der Waals surface area contributed by atoms with Crippen molar-refractivity contribution in [3.63, 3.8) is 0 Å². The molecule has 13 nitrogen and oxygen atoms in total. The van der Waals surface area contributed by atoms with Gasteiger partial charge in [0.25, 0.3) is 5.91 Å². The Hall–Kier alpha value is -5.90. The molecule has 0 radical (unpaired) electrons. The summed E-state index contributed by atoms with van der Waals surface area (Å²) in [6.45, 7) is 7.67. The topological polar surface area (TPSA) is 185 Å². The lowest BCUT2D eigenvalue weighted by Crippen LogP contribution is -2.46. The van der Waals surface area contributed by atoms with Crippen LogP contribution in [-0.4, -0.2) is 69.3 Å². The quantitative estimate of drug-likeness (QED) is 0.103. The summed E-state index contributed by atoms with van der Waals surface area (Å²) in [7, 11) is 0. The van der Waals surface area contributed by atoms with Crippen molar-refractivity contribution in [3.05, 3.63) is 90.3 Å². The molecule has 5 N–H and O–H groups in total. The normalized spacial score (nSPS) is 16.0. The highest BCUT2D eigenvalue weighted by molar-refractivity contribution is 5.91. The lowest BCUT2D eigenvalue weighted by atomic mass is 9.92. The second-order valence-corrected chi connectivity index (χ2v) is 12.3. The molecule has 282 valence electrons. The van der Waals surface area contributed by atoms with Crippen LogP contribution in [0.15, 0.2) is 79.1 Å². The molecule has 1 fully saturated rings. The lowest BCUT2D eigenvalue weighted by Gasteiger charge is -2.35. The van der Waals surface area contributed by atoms with Gasteiger partial charge < -0.3 is 29.9 Å². The molecular weight excluding hydrogens is 699 g/mol. The van der Waals surface area contributed by atoms with Gasteiger partial charge in [-0.05, 0) is 86.2 Å². The van der Waals surface area contributed by atoms with Crippen LogP contribution >= 0.6 is 0 Å². The predicted octanol–water partition coefficient (Wildman–Crippen LogP) is 6.11. The van der Waals surface area contributed by atoms with Crippen molar-refractivity contribution in [2.75, 3.05) is 23.5 Å². The number of hydrazine groups is 1. The fourth-order valence-corrected chi connectivity index (χ4v) is 5.99. The minimum Gasteiger partial charge on any atom is -0.490 e. The molecule has 0 saturated carbocycles. The molecule has 0 spiro atoms. The fourth-order valence-electron chi connectivity index (χ4n) is 5.99. The minimum atomic E-state index is -5.08. The first-order chi connectivity index (χ1) is 25.0. The molecule has 4 aromatic rings. The van der Waals surface area contributed by atoms with Crippen molar-refractivity contribution >= 4 is 45.9 Å². The monoisotopic (exact) mass is 739 g/mol. The Bertz CT molecular complexity index is 1960. The number of likely N-dealkylation sites (tertiary alicyclic amines) is 1. The van der Waals surface area contributed by atoms with E-state index in [1.54, 1.807) is 59.8 Å². The van der Waals surface area contributed by atoms with E-state index in [1.807, 2.05) is 45.0 Å². The maximum absolute atomic E-state index is 14.8. The summed E-state index contributed by atoms with van der Waals surface area (Å²) in [4.78, 5) is 53.8. The third-order valence-electron chi connectivity index (χ3n) is 8.17. The number of nitrogens with zero attached hydrogens (tertiary/aromatic N) is 3. The van der Waals surface area contributed by atoms with Crippen LogP contribution in [0.2, 0.25) is 0 Å². The van der Waals surface area contributed by atoms with Gasteiger partial charge in [0.2, 0.25) is 5.91 Å². The fraction of sp³-hybridized carbons (Fsp3) is 0.324. The first-order valence-electron chi connectivity index (χ1n) is 16.5. The number of rotatable bonds is 11. The summed E-state index contributed by atoms with van der Waals surface area (Å²) in [6, 6.07) is 17.8. The molecule has 3 atom stereocenters. The minimum absolute atomic E-state index is 0.104. The van der Waals surface area contributed by atoms with Crippen LogP contribution in [0.5, 0.6) is 11.5 Å². The maximum atomic E-state index is 14.8. The van der Waals surface area contributed by atoms with E-state index in [9.17, 15) is 32.7 Å². The molecular formula is C37H40F3N5O8. The number of hydrogen-bond donors (Lipinski definition) is 4. The molecule has 53 heavy (non-hydrogen) atoms. The number of aromatic nitrogens is 1. The highest BCUT2D eigenvalue weighted by atomic mass is 19.4. The smallest absolute Gasteiger partial charge is 0.490 e. The van der Waals surface area contributed by atoms with Crippen LogP contribution in [0.4, 0.5) is 24.5 Å². The Kier molecular flexibility index (Phi) is 12.8. The van der Waals surface area contributed by atoms with Gasteiger partial charge in [-0.15, -0.1) is 0 Å². The van der Waals surface area contributed by atoms with Crippen molar-refractivity contribution in [1.29, 1.82) is 0 Å². The summed E-state index contributed by atoms with van der Waals surface area (Å²) in [5, 5.41) is 23.3. The van der Waals surface area contributed by atoms with E-state index in [2.05, 4.69) is 10.3 Å². The second-order valence-electron chi connectivity index (χ2n) is 12.3. The maximum Gasteiger partial charge on any atom is 0.490 e. The number of anilines is 2. The van der Waals surface area contributed by atoms with Crippen molar-refractivity contribution in [3.8, 4) is 11.5 Å². The lowest BCUT2D eigenvalue weighted by molar-refractivity contribution is -0.192. The largest absolute Gasteiger partial charge is 0.490 e. The molecule has 2 amide bonds. The summed E-state index contributed by atoms with van der Waals surface area (Å²) < 4.78 is 43.6. The molecule has 1 aliphatic rings. The van der Waals surface area contributed by atoms with E-state index in [0.29, 0.717) is 40.6 Å². The number of carboxylic acids is 2. The van der Waals surface area contributed by atoms with E-state index in [1.165, 1.54) is 11.9 Å². The van der Waals surface area contributed by atoms with Crippen LogP contribution in [0.1, 0.15) is 57.3 Å². The van der Waals surface area contributed by atoms with Crippen molar-refractivity contribution in [2.45, 2.75) is 58.5 Å². The number of amides is 2. The molecule has 0 bridgehead atoms. The Labute approximate surface area is 303 Å². The average Bonchev–Trinajstić information content (AvgIpc) is 3.55. The van der Waals surface area contributed by atoms with Gasteiger partial charge in [-0.3, -0.25) is 24.4 Å². The number of pyridine rings is 1. The van der Waals surface area contributed by atoms with E-state index in [-0.39, 0.29) is 30.9 Å². The zero-order valence-electron chi connectivity index (χ0n) is 29.3. The zero-order valence-corrected chi connectivity index (χ0v) is 29.3. The highest BCUT2D eigenvalue weighted by Gasteiger charge is 2.45. The Balaban J connectivity index is 0.000000815. The number of fused-ring (bicyclic) bond motifs is 1. The van der Waals surface area contributed by atoms with Crippen LogP contribution in [0.3, 0.4) is 0 Å². The number of benzene rings is 3. The van der Waals surface area contributed by atoms with Gasteiger partial charge in [-0.1, -0.05) is 24.3 Å². The zero-order chi connectivity index (χ0) is 39.0. The van der Waals surface area contributed by atoms with E-state index >= 15 is 0 Å². The van der Waals surface area contributed by atoms with Crippen LogP contribution in [0.25, 0.3) is 10.8 Å². The van der Waals surface area contributed by atoms with Gasteiger partial charge in [0.15, 0.2) is 11.5 Å². The number of halogens is 3. The van der Waals surface area contributed by atoms with Gasteiger partial charge in [-0.2, -0.15) is 13.2 Å². The number of ether oxygens (including phenoxy) is 2. The van der Waals surface area contributed by atoms with Gasteiger partial charge in [-0.25, -0.2) is 10.6 Å². The van der Waals surface area contributed by atoms with Gasteiger partial charge in [0.05, 0.1) is 30.4 Å². The molecule has 2 heterocycles. The third-order valence-corrected chi connectivity index (χ3v) is 8.17. The van der Waals surface area contributed by atoms with Gasteiger partial charge in [0, 0.05) is 36.9 Å². The molecule has 1 aromatic heterocycles. The second kappa shape index (κ2) is 17.1. The molecule has 0 aliphatic carbocycles. The van der Waals surface area contributed by atoms with Crippen molar-refractivity contribution in [1.82, 2.24) is 9.88 Å². The number of carbonyl (C=O) groups is 4. The number of hydrogen-bond acceptors (Lipinski definition) is 9. The number of carboxylic acid groups (broad SMARTS) is 2. The first kappa shape index (κ1) is 39.9. The molecule has 1 saturated heterocycles. The highest BCUT2D eigenvalue weighted by Crippen LogP contribution is 2.42. The van der Waals surface area contributed by atoms with Crippen LogP contribution in [-0.2, 0) is 19.2 Å². The van der Waals surface area contributed by atoms with Crippen LogP contribution < -0.4 is 25.6 Å². The van der Waals surface area contributed by atoms with Gasteiger partial charge in [0.1, 0.15) is 6.04 Å².